The molecule has 0 aliphatic carbocycles. The lowest BCUT2D eigenvalue weighted by molar-refractivity contribution is -0.142. The number of hydrogen-bond acceptors (Lipinski definition) is 5. The number of carbonyl (C=O) groups is 1. The highest BCUT2D eigenvalue weighted by molar-refractivity contribution is 7.12. The molecule has 0 saturated heterocycles. The number of ether oxygens (including phenoxy) is 2. The van der Waals surface area contributed by atoms with E-state index in [0.717, 1.165) is 18.7 Å². The third-order valence-corrected chi connectivity index (χ3v) is 4.20. The van der Waals surface area contributed by atoms with Gasteiger partial charge in [-0.15, -0.1) is 11.3 Å². The van der Waals surface area contributed by atoms with Gasteiger partial charge in [0.2, 0.25) is 0 Å². The van der Waals surface area contributed by atoms with Gasteiger partial charge in [0.15, 0.2) is 6.61 Å². The van der Waals surface area contributed by atoms with Crippen LogP contribution in [0.25, 0.3) is 0 Å². The van der Waals surface area contributed by atoms with Gasteiger partial charge in [-0.25, -0.2) is 4.79 Å². The monoisotopic (exact) mass is 305 g/mol. The predicted molar refractivity (Wildman–Crippen MR) is 85.0 cm³/mol. The number of methoxy groups -OCH3 is 1. The number of carbonyl (C=O) groups excluding carboxylic acids is 1. The lowest BCUT2D eigenvalue weighted by Crippen LogP contribution is -2.12. The number of esters is 1. The Morgan fingerprint density at radius 3 is 2.48 bits per heavy atom. The minimum Gasteiger partial charge on any atom is -0.482 e. The summed E-state index contributed by atoms with van der Waals surface area (Å²) in [6.07, 6.45) is 1.08. The van der Waals surface area contributed by atoms with Gasteiger partial charge in [-0.3, -0.25) is 0 Å². The maximum absolute atomic E-state index is 11.0. The maximum atomic E-state index is 11.0. The zero-order valence-corrected chi connectivity index (χ0v) is 13.0. The molecule has 1 aromatic carbocycles. The number of aryl methyl sites for hydroxylation is 1. The molecule has 112 valence electrons. The third kappa shape index (κ3) is 4.79. The number of benzene rings is 1. The lowest BCUT2D eigenvalue weighted by atomic mass is 10.3. The van der Waals surface area contributed by atoms with Gasteiger partial charge in [0.1, 0.15) is 5.75 Å². The third-order valence-electron chi connectivity index (χ3n) is 2.97. The van der Waals surface area contributed by atoms with Gasteiger partial charge in [-0.05, 0) is 42.8 Å². The van der Waals surface area contributed by atoms with Gasteiger partial charge in [0.05, 0.1) is 7.11 Å². The predicted octanol–water partition coefficient (Wildman–Crippen LogP) is 3.47. The van der Waals surface area contributed by atoms with Crippen LogP contribution in [-0.2, 0) is 22.5 Å². The Labute approximate surface area is 128 Å². The first kappa shape index (κ1) is 15.4. The fraction of sp³-hybridized carbons (Fsp3) is 0.312. The van der Waals surface area contributed by atoms with Crippen molar-refractivity contribution in [1.29, 1.82) is 0 Å². The fourth-order valence-electron chi connectivity index (χ4n) is 1.77. The number of thiophene rings is 1. The van der Waals surface area contributed by atoms with Crippen LogP contribution in [0.5, 0.6) is 5.75 Å². The van der Waals surface area contributed by atoms with Crippen molar-refractivity contribution in [1.82, 2.24) is 0 Å². The van der Waals surface area contributed by atoms with E-state index in [1.165, 1.54) is 16.9 Å². The van der Waals surface area contributed by atoms with E-state index in [-0.39, 0.29) is 12.6 Å². The largest absolute Gasteiger partial charge is 0.482 e. The number of hydrogen-bond donors (Lipinski definition) is 1. The lowest BCUT2D eigenvalue weighted by Gasteiger charge is -2.07. The second-order valence-corrected chi connectivity index (χ2v) is 5.72. The topological polar surface area (TPSA) is 47.6 Å². The highest BCUT2D eigenvalue weighted by Gasteiger charge is 2.02. The van der Waals surface area contributed by atoms with Crippen molar-refractivity contribution in [2.75, 3.05) is 19.0 Å². The Hall–Kier alpha value is -2.01. The van der Waals surface area contributed by atoms with Crippen molar-refractivity contribution in [3.63, 3.8) is 0 Å². The minimum atomic E-state index is -0.387. The van der Waals surface area contributed by atoms with Crippen molar-refractivity contribution in [2.45, 2.75) is 19.9 Å². The van der Waals surface area contributed by atoms with E-state index in [2.05, 4.69) is 29.1 Å². The average Bonchev–Trinajstić information content (AvgIpc) is 2.99. The van der Waals surface area contributed by atoms with Gasteiger partial charge < -0.3 is 14.8 Å². The number of nitrogens with one attached hydrogen (secondary N) is 1. The Morgan fingerprint density at radius 1 is 1.14 bits per heavy atom. The van der Waals surface area contributed by atoms with Crippen LogP contribution in [0, 0.1) is 0 Å². The molecule has 21 heavy (non-hydrogen) atoms. The van der Waals surface area contributed by atoms with Gasteiger partial charge in [0.25, 0.3) is 0 Å². The molecule has 0 saturated carbocycles. The van der Waals surface area contributed by atoms with Crippen LogP contribution in [0.15, 0.2) is 36.4 Å². The first-order valence-electron chi connectivity index (χ1n) is 6.82. The second-order valence-electron chi connectivity index (χ2n) is 4.46. The summed E-state index contributed by atoms with van der Waals surface area (Å²) < 4.78 is 9.81. The second kappa shape index (κ2) is 7.69. The molecule has 0 spiro atoms. The fourth-order valence-corrected chi connectivity index (χ4v) is 2.66. The molecule has 0 atom stereocenters. The van der Waals surface area contributed by atoms with Crippen LogP contribution in [0.1, 0.15) is 16.7 Å². The van der Waals surface area contributed by atoms with Crippen molar-refractivity contribution in [3.8, 4) is 5.75 Å². The molecule has 0 amide bonds. The molecule has 1 heterocycles. The van der Waals surface area contributed by atoms with Crippen LogP contribution in [0.2, 0.25) is 0 Å². The molecule has 4 nitrogen and oxygen atoms in total. The molecule has 1 N–H and O–H groups in total. The van der Waals surface area contributed by atoms with Crippen LogP contribution in [-0.4, -0.2) is 19.7 Å². The van der Waals surface area contributed by atoms with Gasteiger partial charge in [-0.1, -0.05) is 6.92 Å². The zero-order chi connectivity index (χ0) is 15.1. The highest BCUT2D eigenvalue weighted by atomic mass is 32.1. The Morgan fingerprint density at radius 2 is 1.86 bits per heavy atom. The Kier molecular flexibility index (Phi) is 5.63. The summed E-state index contributed by atoms with van der Waals surface area (Å²) in [7, 11) is 1.34. The summed E-state index contributed by atoms with van der Waals surface area (Å²) in [5.41, 5.74) is 1.02. The molecule has 0 unspecified atom stereocenters. The van der Waals surface area contributed by atoms with Gasteiger partial charge in [-0.2, -0.15) is 0 Å². The summed E-state index contributed by atoms with van der Waals surface area (Å²) in [5, 5.41) is 3.36. The smallest absolute Gasteiger partial charge is 0.343 e. The SMILES string of the molecule is CCc1ccc(CNc2ccc(OCC(=O)OC)cc2)s1. The Bertz CT molecular complexity index is 577. The Balaban J connectivity index is 1.83. The molecular weight excluding hydrogens is 286 g/mol. The highest BCUT2D eigenvalue weighted by Crippen LogP contribution is 2.20. The molecule has 0 fully saturated rings. The molecule has 1 aromatic heterocycles. The molecular formula is C16H19NO3S. The molecule has 0 aliphatic heterocycles. The minimum absolute atomic E-state index is 0.0712. The van der Waals surface area contributed by atoms with Crippen LogP contribution < -0.4 is 10.1 Å². The summed E-state index contributed by atoms with van der Waals surface area (Å²) >= 11 is 1.83. The quantitative estimate of drug-likeness (QED) is 0.796. The van der Waals surface area contributed by atoms with E-state index in [9.17, 15) is 4.79 Å². The molecule has 2 rings (SSSR count). The average molecular weight is 305 g/mol. The standard InChI is InChI=1S/C16H19NO3S/c1-3-14-8-9-15(21-14)10-17-12-4-6-13(7-5-12)20-11-16(18)19-2/h4-9,17H,3,10-11H2,1-2H3. The molecule has 2 aromatic rings. The normalized spacial score (nSPS) is 10.2. The first-order valence-corrected chi connectivity index (χ1v) is 7.64. The van der Waals surface area contributed by atoms with Gasteiger partial charge >= 0.3 is 5.97 Å². The summed E-state index contributed by atoms with van der Waals surface area (Å²) in [4.78, 5) is 13.7. The van der Waals surface area contributed by atoms with E-state index < -0.39 is 0 Å². The molecule has 0 aliphatic rings. The summed E-state index contributed by atoms with van der Waals surface area (Å²) in [5.74, 6) is 0.261. The van der Waals surface area contributed by atoms with Crippen molar-refractivity contribution in [3.05, 3.63) is 46.2 Å². The van der Waals surface area contributed by atoms with Crippen LogP contribution >= 0.6 is 11.3 Å². The van der Waals surface area contributed by atoms with E-state index >= 15 is 0 Å². The first-order chi connectivity index (χ1) is 10.2. The van der Waals surface area contributed by atoms with E-state index in [1.54, 1.807) is 0 Å². The van der Waals surface area contributed by atoms with Crippen molar-refractivity contribution >= 4 is 23.0 Å². The number of anilines is 1. The maximum Gasteiger partial charge on any atom is 0.343 e. The zero-order valence-electron chi connectivity index (χ0n) is 12.2. The molecule has 0 radical (unpaired) electrons. The van der Waals surface area contributed by atoms with Crippen LogP contribution in [0.4, 0.5) is 5.69 Å². The molecule has 5 heteroatoms. The molecule has 0 bridgehead atoms. The summed E-state index contributed by atoms with van der Waals surface area (Å²) in [6, 6.07) is 11.9. The summed E-state index contributed by atoms with van der Waals surface area (Å²) in [6.45, 7) is 2.90. The van der Waals surface area contributed by atoms with Crippen molar-refractivity contribution in [2.24, 2.45) is 0 Å². The van der Waals surface area contributed by atoms with Crippen LogP contribution in [0.3, 0.4) is 0 Å². The van der Waals surface area contributed by atoms with Gasteiger partial charge in [0, 0.05) is 22.0 Å². The van der Waals surface area contributed by atoms with E-state index in [1.807, 2.05) is 35.6 Å². The van der Waals surface area contributed by atoms with Crippen molar-refractivity contribution < 1.29 is 14.3 Å². The van der Waals surface area contributed by atoms with E-state index in [0.29, 0.717) is 5.75 Å². The number of rotatable bonds is 7. The van der Waals surface area contributed by atoms with E-state index in [4.69, 9.17) is 4.74 Å².